The van der Waals surface area contributed by atoms with Crippen LogP contribution in [0.1, 0.15) is 12.6 Å². The van der Waals surface area contributed by atoms with Crippen LogP contribution in [0.15, 0.2) is 10.7 Å². The summed E-state index contributed by atoms with van der Waals surface area (Å²) in [5.74, 6) is -0.194. The molecule has 0 unspecified atom stereocenters. The second-order valence-electron chi connectivity index (χ2n) is 2.67. The second kappa shape index (κ2) is 5.36. The van der Waals surface area contributed by atoms with Gasteiger partial charge < -0.3 is 5.32 Å². The molecule has 1 rings (SSSR count). The SMILES string of the molecule is CCn1ncc(Br)c1CNC(=O)CCl. The molecular formula is C8H11BrClN3O. The van der Waals surface area contributed by atoms with Crippen LogP contribution in [0.5, 0.6) is 0 Å². The first-order valence-corrected chi connectivity index (χ1v) is 5.54. The summed E-state index contributed by atoms with van der Waals surface area (Å²) in [6, 6.07) is 0. The van der Waals surface area contributed by atoms with E-state index in [1.165, 1.54) is 0 Å². The van der Waals surface area contributed by atoms with E-state index in [-0.39, 0.29) is 11.8 Å². The zero-order valence-electron chi connectivity index (χ0n) is 7.76. The number of hydrogen-bond acceptors (Lipinski definition) is 2. The van der Waals surface area contributed by atoms with Crippen LogP contribution in [0, 0.1) is 0 Å². The highest BCUT2D eigenvalue weighted by Crippen LogP contribution is 2.15. The van der Waals surface area contributed by atoms with Gasteiger partial charge in [0.25, 0.3) is 0 Å². The first-order chi connectivity index (χ1) is 6.69. The Hall–Kier alpha value is -0.550. The average Bonchev–Trinajstić information content (AvgIpc) is 2.55. The summed E-state index contributed by atoms with van der Waals surface area (Å²) in [6.07, 6.45) is 1.71. The Morgan fingerprint density at radius 1 is 1.79 bits per heavy atom. The maximum absolute atomic E-state index is 10.9. The van der Waals surface area contributed by atoms with Gasteiger partial charge in [0.15, 0.2) is 0 Å². The molecule has 0 saturated heterocycles. The summed E-state index contributed by atoms with van der Waals surface area (Å²) in [4.78, 5) is 10.9. The standard InChI is InChI=1S/C8H11BrClN3O/c1-2-13-7(6(9)4-12-13)5-11-8(14)3-10/h4H,2-3,5H2,1H3,(H,11,14). The van der Waals surface area contributed by atoms with Crippen LogP contribution in [-0.4, -0.2) is 21.6 Å². The molecule has 14 heavy (non-hydrogen) atoms. The van der Waals surface area contributed by atoms with Crippen molar-refractivity contribution in [3.63, 3.8) is 0 Å². The molecule has 0 aliphatic rings. The highest BCUT2D eigenvalue weighted by atomic mass is 79.9. The van der Waals surface area contributed by atoms with Crippen molar-refractivity contribution in [2.45, 2.75) is 20.0 Å². The van der Waals surface area contributed by atoms with Gasteiger partial charge in [0.2, 0.25) is 5.91 Å². The van der Waals surface area contributed by atoms with E-state index in [1.807, 2.05) is 11.6 Å². The van der Waals surface area contributed by atoms with Gasteiger partial charge in [-0.25, -0.2) is 0 Å². The van der Waals surface area contributed by atoms with E-state index < -0.39 is 0 Å². The number of carbonyl (C=O) groups is 1. The minimum absolute atomic E-state index is 0.0160. The minimum atomic E-state index is -0.178. The zero-order chi connectivity index (χ0) is 10.6. The van der Waals surface area contributed by atoms with Gasteiger partial charge in [0.05, 0.1) is 22.9 Å². The van der Waals surface area contributed by atoms with Gasteiger partial charge in [-0.1, -0.05) is 0 Å². The van der Waals surface area contributed by atoms with Crippen molar-refractivity contribution < 1.29 is 4.79 Å². The van der Waals surface area contributed by atoms with Crippen LogP contribution in [0.25, 0.3) is 0 Å². The van der Waals surface area contributed by atoms with Crippen molar-refractivity contribution in [2.24, 2.45) is 0 Å². The third-order valence-electron chi connectivity index (χ3n) is 1.77. The predicted octanol–water partition coefficient (Wildman–Crippen LogP) is 1.52. The maximum atomic E-state index is 10.9. The number of nitrogens with zero attached hydrogens (tertiary/aromatic N) is 2. The number of amides is 1. The number of alkyl halides is 1. The first-order valence-electron chi connectivity index (χ1n) is 4.21. The van der Waals surface area contributed by atoms with Gasteiger partial charge in [0, 0.05) is 6.54 Å². The molecule has 1 aromatic heterocycles. The Balaban J connectivity index is 2.65. The van der Waals surface area contributed by atoms with Crippen LogP contribution in [0.2, 0.25) is 0 Å². The minimum Gasteiger partial charge on any atom is -0.349 e. The topological polar surface area (TPSA) is 46.9 Å². The number of halogens is 2. The monoisotopic (exact) mass is 279 g/mol. The molecule has 1 amide bonds. The second-order valence-corrected chi connectivity index (χ2v) is 3.79. The predicted molar refractivity (Wildman–Crippen MR) is 58.2 cm³/mol. The van der Waals surface area contributed by atoms with E-state index in [0.717, 1.165) is 16.7 Å². The summed E-state index contributed by atoms with van der Waals surface area (Å²) in [7, 11) is 0. The Labute approximate surface area is 95.7 Å². The lowest BCUT2D eigenvalue weighted by atomic mass is 10.4. The van der Waals surface area contributed by atoms with Gasteiger partial charge in [-0.3, -0.25) is 9.48 Å². The van der Waals surface area contributed by atoms with Gasteiger partial charge in [-0.15, -0.1) is 11.6 Å². The van der Waals surface area contributed by atoms with Crippen LogP contribution >= 0.6 is 27.5 Å². The molecule has 0 aliphatic carbocycles. The quantitative estimate of drug-likeness (QED) is 0.850. The molecule has 0 aromatic carbocycles. The molecule has 1 N–H and O–H groups in total. The number of rotatable bonds is 4. The molecule has 0 bridgehead atoms. The van der Waals surface area contributed by atoms with Crippen LogP contribution in [0.3, 0.4) is 0 Å². The van der Waals surface area contributed by atoms with E-state index in [9.17, 15) is 4.79 Å². The van der Waals surface area contributed by atoms with E-state index >= 15 is 0 Å². The van der Waals surface area contributed by atoms with Crippen molar-refractivity contribution in [3.05, 3.63) is 16.4 Å². The summed E-state index contributed by atoms with van der Waals surface area (Å²) in [5, 5.41) is 6.81. The smallest absolute Gasteiger partial charge is 0.235 e. The van der Waals surface area contributed by atoms with E-state index in [0.29, 0.717) is 6.54 Å². The van der Waals surface area contributed by atoms with Gasteiger partial charge in [0.1, 0.15) is 5.88 Å². The lowest BCUT2D eigenvalue weighted by Gasteiger charge is -2.06. The molecule has 0 aliphatic heterocycles. The largest absolute Gasteiger partial charge is 0.349 e. The molecule has 0 fully saturated rings. The summed E-state index contributed by atoms with van der Waals surface area (Å²) in [5.41, 5.74) is 0.950. The van der Waals surface area contributed by atoms with E-state index in [4.69, 9.17) is 11.6 Å². The van der Waals surface area contributed by atoms with Gasteiger partial charge in [-0.2, -0.15) is 5.10 Å². The van der Waals surface area contributed by atoms with Crippen molar-refractivity contribution in [1.29, 1.82) is 0 Å². The molecule has 0 radical (unpaired) electrons. The van der Waals surface area contributed by atoms with Crippen molar-refractivity contribution in [2.75, 3.05) is 5.88 Å². The Kier molecular flexibility index (Phi) is 4.41. The van der Waals surface area contributed by atoms with E-state index in [2.05, 4.69) is 26.3 Å². The van der Waals surface area contributed by atoms with Gasteiger partial charge in [-0.05, 0) is 22.9 Å². The molecular weight excluding hydrogens is 269 g/mol. The fourth-order valence-electron chi connectivity index (χ4n) is 1.07. The van der Waals surface area contributed by atoms with Crippen LogP contribution in [0.4, 0.5) is 0 Å². The molecule has 0 saturated carbocycles. The Bertz CT molecular complexity index is 326. The molecule has 4 nitrogen and oxygen atoms in total. The lowest BCUT2D eigenvalue weighted by Crippen LogP contribution is -2.25. The Morgan fingerprint density at radius 3 is 3.07 bits per heavy atom. The highest BCUT2D eigenvalue weighted by Gasteiger charge is 2.08. The fourth-order valence-corrected chi connectivity index (χ4v) is 1.60. The lowest BCUT2D eigenvalue weighted by molar-refractivity contribution is -0.118. The molecule has 1 aromatic rings. The van der Waals surface area contributed by atoms with Crippen LogP contribution < -0.4 is 5.32 Å². The molecule has 6 heteroatoms. The Morgan fingerprint density at radius 2 is 2.50 bits per heavy atom. The third-order valence-corrected chi connectivity index (χ3v) is 2.68. The van der Waals surface area contributed by atoms with Crippen molar-refractivity contribution in [3.8, 4) is 0 Å². The number of hydrogen-bond donors (Lipinski definition) is 1. The molecule has 0 spiro atoms. The summed E-state index contributed by atoms with van der Waals surface area (Å²) < 4.78 is 2.72. The van der Waals surface area contributed by atoms with Crippen molar-refractivity contribution >= 4 is 33.4 Å². The first kappa shape index (κ1) is 11.5. The van der Waals surface area contributed by atoms with Crippen molar-refractivity contribution in [1.82, 2.24) is 15.1 Å². The zero-order valence-corrected chi connectivity index (χ0v) is 10.1. The van der Waals surface area contributed by atoms with E-state index in [1.54, 1.807) is 6.20 Å². The highest BCUT2D eigenvalue weighted by molar-refractivity contribution is 9.10. The number of aromatic nitrogens is 2. The third kappa shape index (κ3) is 2.72. The summed E-state index contributed by atoms with van der Waals surface area (Å²) in [6.45, 7) is 3.21. The number of carbonyl (C=O) groups excluding carboxylic acids is 1. The average molecular weight is 281 g/mol. The normalized spacial score (nSPS) is 10.2. The fraction of sp³-hybridized carbons (Fsp3) is 0.500. The molecule has 78 valence electrons. The molecule has 0 atom stereocenters. The molecule has 1 heterocycles. The van der Waals surface area contributed by atoms with Gasteiger partial charge >= 0.3 is 0 Å². The van der Waals surface area contributed by atoms with Crippen LogP contribution in [-0.2, 0) is 17.9 Å². The maximum Gasteiger partial charge on any atom is 0.235 e. The summed E-state index contributed by atoms with van der Waals surface area (Å²) >= 11 is 8.72. The number of aryl methyl sites for hydroxylation is 1. The number of nitrogens with one attached hydrogen (secondary N) is 1.